The van der Waals surface area contributed by atoms with E-state index in [0.29, 0.717) is 6.61 Å². The van der Waals surface area contributed by atoms with E-state index < -0.39 is 0 Å². The van der Waals surface area contributed by atoms with E-state index in [0.717, 1.165) is 29.3 Å². The standard InChI is InChI=1S/C15H19NO2S/c1-11-5-6-14(8-12(11)2)18-7-3-4-15-16-13(9-17)10-19-15/h5-6,8,10,17H,3-4,7,9H2,1-2H3. The van der Waals surface area contributed by atoms with Crippen LogP contribution in [0.15, 0.2) is 23.6 Å². The van der Waals surface area contributed by atoms with Gasteiger partial charge in [0.15, 0.2) is 0 Å². The van der Waals surface area contributed by atoms with Crippen LogP contribution in [0.2, 0.25) is 0 Å². The van der Waals surface area contributed by atoms with Gasteiger partial charge in [-0.25, -0.2) is 4.98 Å². The van der Waals surface area contributed by atoms with Crippen molar-refractivity contribution in [3.8, 4) is 5.75 Å². The van der Waals surface area contributed by atoms with Crippen LogP contribution in [0.4, 0.5) is 0 Å². The molecule has 0 saturated heterocycles. The van der Waals surface area contributed by atoms with E-state index in [1.54, 1.807) is 11.3 Å². The lowest BCUT2D eigenvalue weighted by atomic mass is 10.1. The second-order valence-electron chi connectivity index (χ2n) is 4.59. The van der Waals surface area contributed by atoms with E-state index in [1.165, 1.54) is 11.1 Å². The summed E-state index contributed by atoms with van der Waals surface area (Å²) in [4.78, 5) is 4.31. The maximum atomic E-state index is 8.94. The molecule has 19 heavy (non-hydrogen) atoms. The molecule has 0 fully saturated rings. The van der Waals surface area contributed by atoms with Gasteiger partial charge in [-0.2, -0.15) is 0 Å². The SMILES string of the molecule is Cc1ccc(OCCCc2nc(CO)cs2)cc1C. The Kier molecular flexibility index (Phi) is 4.93. The van der Waals surface area contributed by atoms with Crippen molar-refractivity contribution in [3.63, 3.8) is 0 Å². The third-order valence-electron chi connectivity index (χ3n) is 3.04. The summed E-state index contributed by atoms with van der Waals surface area (Å²) < 4.78 is 5.72. The Hall–Kier alpha value is -1.39. The van der Waals surface area contributed by atoms with Crippen molar-refractivity contribution < 1.29 is 9.84 Å². The zero-order chi connectivity index (χ0) is 13.7. The average Bonchev–Trinajstić information content (AvgIpc) is 2.87. The predicted molar refractivity (Wildman–Crippen MR) is 77.8 cm³/mol. The number of hydrogen-bond donors (Lipinski definition) is 1. The number of nitrogens with zero attached hydrogens (tertiary/aromatic N) is 1. The second kappa shape index (κ2) is 6.68. The molecule has 1 heterocycles. The zero-order valence-corrected chi connectivity index (χ0v) is 12.2. The monoisotopic (exact) mass is 277 g/mol. The fraction of sp³-hybridized carbons (Fsp3) is 0.400. The minimum absolute atomic E-state index is 0.0235. The first-order valence-electron chi connectivity index (χ1n) is 6.43. The lowest BCUT2D eigenvalue weighted by molar-refractivity contribution is 0.277. The highest BCUT2D eigenvalue weighted by Gasteiger charge is 2.02. The van der Waals surface area contributed by atoms with E-state index in [-0.39, 0.29) is 6.61 Å². The van der Waals surface area contributed by atoms with Crippen molar-refractivity contribution in [2.75, 3.05) is 6.61 Å². The molecule has 1 aromatic heterocycles. The first-order valence-corrected chi connectivity index (χ1v) is 7.31. The zero-order valence-electron chi connectivity index (χ0n) is 11.3. The molecule has 0 aliphatic heterocycles. The van der Waals surface area contributed by atoms with Crippen molar-refractivity contribution in [2.24, 2.45) is 0 Å². The van der Waals surface area contributed by atoms with Crippen LogP contribution < -0.4 is 4.74 Å². The number of thiazole rings is 1. The number of rotatable bonds is 6. The molecule has 0 aliphatic rings. The van der Waals surface area contributed by atoms with Crippen molar-refractivity contribution in [2.45, 2.75) is 33.3 Å². The molecule has 0 saturated carbocycles. The first kappa shape index (κ1) is 14.0. The topological polar surface area (TPSA) is 42.4 Å². The molecule has 2 rings (SSSR count). The lowest BCUT2D eigenvalue weighted by Gasteiger charge is -2.07. The van der Waals surface area contributed by atoms with Gasteiger partial charge in [0.25, 0.3) is 0 Å². The van der Waals surface area contributed by atoms with Crippen LogP contribution in [0, 0.1) is 13.8 Å². The summed E-state index contributed by atoms with van der Waals surface area (Å²) in [5.41, 5.74) is 3.30. The van der Waals surface area contributed by atoms with E-state index in [9.17, 15) is 0 Å². The summed E-state index contributed by atoms with van der Waals surface area (Å²) in [5.74, 6) is 0.929. The summed E-state index contributed by atoms with van der Waals surface area (Å²) in [6, 6.07) is 6.16. The minimum atomic E-state index is 0.0235. The second-order valence-corrected chi connectivity index (χ2v) is 5.53. The molecule has 0 atom stereocenters. The molecule has 102 valence electrons. The number of aryl methyl sites for hydroxylation is 3. The van der Waals surface area contributed by atoms with Crippen LogP contribution in [0.5, 0.6) is 5.75 Å². The Balaban J connectivity index is 1.75. The third kappa shape index (κ3) is 4.04. The largest absolute Gasteiger partial charge is 0.494 e. The first-order chi connectivity index (χ1) is 9.19. The number of benzene rings is 1. The van der Waals surface area contributed by atoms with Gasteiger partial charge in [0.2, 0.25) is 0 Å². The van der Waals surface area contributed by atoms with Gasteiger partial charge < -0.3 is 9.84 Å². The fourth-order valence-corrected chi connectivity index (χ4v) is 2.58. The minimum Gasteiger partial charge on any atom is -0.494 e. The fourth-order valence-electron chi connectivity index (χ4n) is 1.75. The van der Waals surface area contributed by atoms with Gasteiger partial charge in [-0.1, -0.05) is 6.07 Å². The highest BCUT2D eigenvalue weighted by molar-refractivity contribution is 7.09. The number of ether oxygens (including phenoxy) is 1. The Morgan fingerprint density at radius 1 is 1.26 bits per heavy atom. The van der Waals surface area contributed by atoms with Gasteiger partial charge in [0.05, 0.1) is 23.9 Å². The van der Waals surface area contributed by atoms with E-state index >= 15 is 0 Å². The Labute approximate surface area is 117 Å². The number of aliphatic hydroxyl groups is 1. The van der Waals surface area contributed by atoms with Crippen molar-refractivity contribution in [1.29, 1.82) is 0 Å². The smallest absolute Gasteiger partial charge is 0.119 e. The summed E-state index contributed by atoms with van der Waals surface area (Å²) in [6.07, 6.45) is 1.83. The van der Waals surface area contributed by atoms with Crippen LogP contribution in [-0.2, 0) is 13.0 Å². The summed E-state index contributed by atoms with van der Waals surface area (Å²) in [6.45, 7) is 4.90. The van der Waals surface area contributed by atoms with Crippen molar-refractivity contribution in [3.05, 3.63) is 45.4 Å². The maximum absolute atomic E-state index is 8.94. The normalized spacial score (nSPS) is 10.7. The summed E-state index contributed by atoms with van der Waals surface area (Å²) in [5, 5.41) is 11.9. The van der Waals surface area contributed by atoms with E-state index in [2.05, 4.69) is 31.0 Å². The van der Waals surface area contributed by atoms with Crippen molar-refractivity contribution in [1.82, 2.24) is 4.98 Å². The summed E-state index contributed by atoms with van der Waals surface area (Å²) >= 11 is 1.60. The van der Waals surface area contributed by atoms with Crippen molar-refractivity contribution >= 4 is 11.3 Å². The number of aromatic nitrogens is 1. The molecular formula is C15H19NO2S. The Bertz CT molecular complexity index is 537. The van der Waals surface area contributed by atoms with Gasteiger partial charge in [0.1, 0.15) is 5.75 Å². The molecule has 1 N–H and O–H groups in total. The maximum Gasteiger partial charge on any atom is 0.119 e. The average molecular weight is 277 g/mol. The third-order valence-corrected chi connectivity index (χ3v) is 4.00. The predicted octanol–water partition coefficient (Wildman–Crippen LogP) is 3.26. The van der Waals surface area contributed by atoms with Gasteiger partial charge in [-0.15, -0.1) is 11.3 Å². The van der Waals surface area contributed by atoms with Crippen LogP contribution in [-0.4, -0.2) is 16.7 Å². The van der Waals surface area contributed by atoms with Crippen LogP contribution in [0.1, 0.15) is 28.2 Å². The molecule has 2 aromatic rings. The Morgan fingerprint density at radius 2 is 2.11 bits per heavy atom. The molecule has 0 amide bonds. The Morgan fingerprint density at radius 3 is 2.79 bits per heavy atom. The van der Waals surface area contributed by atoms with Crippen LogP contribution in [0.25, 0.3) is 0 Å². The molecule has 1 aromatic carbocycles. The molecule has 0 spiro atoms. The van der Waals surface area contributed by atoms with E-state index in [4.69, 9.17) is 9.84 Å². The molecule has 0 radical (unpaired) electrons. The quantitative estimate of drug-likeness (QED) is 0.824. The van der Waals surface area contributed by atoms with Crippen LogP contribution >= 0.6 is 11.3 Å². The molecule has 0 aliphatic carbocycles. The molecule has 3 nitrogen and oxygen atoms in total. The van der Waals surface area contributed by atoms with E-state index in [1.807, 2.05) is 11.4 Å². The summed E-state index contributed by atoms with van der Waals surface area (Å²) in [7, 11) is 0. The highest BCUT2D eigenvalue weighted by Crippen LogP contribution is 2.17. The molecule has 0 unspecified atom stereocenters. The molecular weight excluding hydrogens is 258 g/mol. The highest BCUT2D eigenvalue weighted by atomic mass is 32.1. The van der Waals surface area contributed by atoms with Gasteiger partial charge in [0, 0.05) is 11.8 Å². The molecule has 0 bridgehead atoms. The lowest BCUT2D eigenvalue weighted by Crippen LogP contribution is -2.00. The number of hydrogen-bond acceptors (Lipinski definition) is 4. The van der Waals surface area contributed by atoms with Gasteiger partial charge in [-0.05, 0) is 43.5 Å². The number of aliphatic hydroxyl groups excluding tert-OH is 1. The van der Waals surface area contributed by atoms with Gasteiger partial charge in [-0.3, -0.25) is 0 Å². The molecule has 4 heteroatoms. The van der Waals surface area contributed by atoms with Crippen LogP contribution in [0.3, 0.4) is 0 Å². The van der Waals surface area contributed by atoms with Gasteiger partial charge >= 0.3 is 0 Å².